The smallest absolute Gasteiger partial charge is 0.303 e. The summed E-state index contributed by atoms with van der Waals surface area (Å²) in [5, 5.41) is 8.81. The maximum atomic E-state index is 10.7. The summed E-state index contributed by atoms with van der Waals surface area (Å²) in [5.74, 6) is 1.15. The largest absolute Gasteiger partial charge is 0.481 e. The van der Waals surface area contributed by atoms with Gasteiger partial charge in [-0.1, -0.05) is 30.3 Å². The van der Waals surface area contributed by atoms with Crippen molar-refractivity contribution in [1.82, 2.24) is 15.0 Å². The monoisotopic (exact) mass is 389 g/mol. The summed E-state index contributed by atoms with van der Waals surface area (Å²) >= 11 is 0. The Morgan fingerprint density at radius 1 is 0.897 bits per heavy atom. The number of carboxylic acid groups (broad SMARTS) is 1. The van der Waals surface area contributed by atoms with Gasteiger partial charge in [-0.2, -0.15) is 0 Å². The van der Waals surface area contributed by atoms with Gasteiger partial charge < -0.3 is 14.9 Å². The number of hydrogen-bond acceptors (Lipinski definition) is 6. The van der Waals surface area contributed by atoms with Crippen LogP contribution in [0, 0.1) is 0 Å². The highest BCUT2D eigenvalue weighted by molar-refractivity contribution is 5.67. The molecule has 29 heavy (non-hydrogen) atoms. The number of carboxylic acids is 1. The Balaban J connectivity index is 1.42. The highest BCUT2D eigenvalue weighted by atomic mass is 16.4. The van der Waals surface area contributed by atoms with E-state index in [1.165, 1.54) is 0 Å². The van der Waals surface area contributed by atoms with Gasteiger partial charge in [0.2, 0.25) is 0 Å². The summed E-state index contributed by atoms with van der Waals surface area (Å²) in [6, 6.07) is 15.9. The number of anilines is 2. The second kappa shape index (κ2) is 8.68. The van der Waals surface area contributed by atoms with Crippen molar-refractivity contribution < 1.29 is 9.90 Å². The molecule has 7 nitrogen and oxygen atoms in total. The minimum absolute atomic E-state index is 0.140. The molecule has 4 rings (SSSR count). The number of benzene rings is 1. The predicted molar refractivity (Wildman–Crippen MR) is 112 cm³/mol. The molecule has 7 heteroatoms. The molecule has 1 fully saturated rings. The van der Waals surface area contributed by atoms with Crippen molar-refractivity contribution >= 4 is 17.6 Å². The van der Waals surface area contributed by atoms with Crippen molar-refractivity contribution in [2.75, 3.05) is 36.0 Å². The van der Waals surface area contributed by atoms with Crippen LogP contribution < -0.4 is 9.80 Å². The minimum atomic E-state index is -0.780. The van der Waals surface area contributed by atoms with Crippen LogP contribution in [0.4, 0.5) is 11.6 Å². The fourth-order valence-corrected chi connectivity index (χ4v) is 3.48. The Morgan fingerprint density at radius 3 is 2.28 bits per heavy atom. The summed E-state index contributed by atoms with van der Waals surface area (Å²) in [7, 11) is 0. The molecule has 2 aromatic heterocycles. The van der Waals surface area contributed by atoms with E-state index in [0.29, 0.717) is 6.42 Å². The summed E-state index contributed by atoms with van der Waals surface area (Å²) in [6.07, 6.45) is 4.10. The van der Waals surface area contributed by atoms with E-state index in [-0.39, 0.29) is 6.42 Å². The highest BCUT2D eigenvalue weighted by Gasteiger charge is 2.19. The zero-order valence-corrected chi connectivity index (χ0v) is 16.1. The number of piperazine rings is 1. The van der Waals surface area contributed by atoms with E-state index in [1.54, 1.807) is 6.33 Å². The van der Waals surface area contributed by atoms with E-state index in [0.717, 1.165) is 54.6 Å². The number of aromatic nitrogens is 3. The molecule has 1 saturated heterocycles. The molecule has 1 aliphatic rings. The second-order valence-electron chi connectivity index (χ2n) is 7.01. The first-order valence-corrected chi connectivity index (χ1v) is 9.73. The SMILES string of the molecule is O=C(O)CCc1ccc(-c2cc(N3CCN(c4ccccn4)CC3)ncn2)cc1. The van der Waals surface area contributed by atoms with Crippen LogP contribution in [0.1, 0.15) is 12.0 Å². The minimum Gasteiger partial charge on any atom is -0.481 e. The fraction of sp³-hybridized carbons (Fsp3) is 0.273. The Labute approximate surface area is 169 Å². The van der Waals surface area contributed by atoms with Crippen molar-refractivity contribution in [2.45, 2.75) is 12.8 Å². The van der Waals surface area contributed by atoms with E-state index < -0.39 is 5.97 Å². The van der Waals surface area contributed by atoms with Gasteiger partial charge in [0, 0.05) is 50.4 Å². The molecule has 0 saturated carbocycles. The zero-order chi connectivity index (χ0) is 20.1. The second-order valence-corrected chi connectivity index (χ2v) is 7.01. The predicted octanol–water partition coefficient (Wildman–Crippen LogP) is 2.88. The number of rotatable bonds is 6. The van der Waals surface area contributed by atoms with Gasteiger partial charge in [-0.15, -0.1) is 0 Å². The average Bonchev–Trinajstić information content (AvgIpc) is 2.79. The molecule has 148 valence electrons. The molecule has 1 aromatic carbocycles. The van der Waals surface area contributed by atoms with E-state index in [4.69, 9.17) is 5.11 Å². The molecule has 1 N–H and O–H groups in total. The van der Waals surface area contributed by atoms with Gasteiger partial charge in [0.25, 0.3) is 0 Å². The van der Waals surface area contributed by atoms with Gasteiger partial charge in [-0.3, -0.25) is 4.79 Å². The van der Waals surface area contributed by atoms with Gasteiger partial charge in [-0.05, 0) is 24.1 Å². The maximum absolute atomic E-state index is 10.7. The fourth-order valence-electron chi connectivity index (χ4n) is 3.48. The molecule has 0 aliphatic carbocycles. The van der Waals surface area contributed by atoms with Crippen LogP contribution in [0.5, 0.6) is 0 Å². The normalized spacial score (nSPS) is 14.1. The van der Waals surface area contributed by atoms with E-state index >= 15 is 0 Å². The van der Waals surface area contributed by atoms with Crippen LogP contribution in [0.3, 0.4) is 0 Å². The van der Waals surface area contributed by atoms with Crippen LogP contribution in [0.15, 0.2) is 61.1 Å². The molecule has 0 amide bonds. The lowest BCUT2D eigenvalue weighted by Crippen LogP contribution is -2.47. The van der Waals surface area contributed by atoms with Crippen LogP contribution in [0.2, 0.25) is 0 Å². The van der Waals surface area contributed by atoms with Crippen molar-refractivity contribution in [3.8, 4) is 11.3 Å². The Kier molecular flexibility index (Phi) is 5.65. The van der Waals surface area contributed by atoms with Gasteiger partial charge in [-0.25, -0.2) is 15.0 Å². The van der Waals surface area contributed by atoms with E-state index in [2.05, 4.69) is 24.8 Å². The lowest BCUT2D eigenvalue weighted by molar-refractivity contribution is -0.136. The summed E-state index contributed by atoms with van der Waals surface area (Å²) < 4.78 is 0. The summed E-state index contributed by atoms with van der Waals surface area (Å²) in [6.45, 7) is 3.55. The van der Waals surface area contributed by atoms with Crippen LogP contribution in [0.25, 0.3) is 11.3 Å². The Hall–Kier alpha value is -3.48. The Bertz CT molecular complexity index is 954. The van der Waals surface area contributed by atoms with Crippen LogP contribution >= 0.6 is 0 Å². The topological polar surface area (TPSA) is 82.5 Å². The molecule has 3 heterocycles. The summed E-state index contributed by atoms with van der Waals surface area (Å²) in [5.41, 5.74) is 2.88. The first-order chi connectivity index (χ1) is 14.2. The number of aliphatic carboxylic acids is 1. The van der Waals surface area contributed by atoms with E-state index in [9.17, 15) is 4.79 Å². The number of aryl methyl sites for hydroxylation is 1. The lowest BCUT2D eigenvalue weighted by atomic mass is 10.1. The zero-order valence-electron chi connectivity index (χ0n) is 16.1. The van der Waals surface area contributed by atoms with Crippen LogP contribution in [-0.2, 0) is 11.2 Å². The first-order valence-electron chi connectivity index (χ1n) is 9.73. The molecule has 0 spiro atoms. The van der Waals surface area contributed by atoms with E-state index in [1.807, 2.05) is 54.7 Å². The quantitative estimate of drug-likeness (QED) is 0.694. The molecule has 0 bridgehead atoms. The number of pyridine rings is 1. The number of hydrogen-bond donors (Lipinski definition) is 1. The molecule has 0 radical (unpaired) electrons. The molecular weight excluding hydrogens is 366 g/mol. The van der Waals surface area contributed by atoms with Gasteiger partial charge in [0.15, 0.2) is 0 Å². The number of carbonyl (C=O) groups is 1. The standard InChI is InChI=1S/C22H23N5O2/c28-22(29)9-6-17-4-7-18(8-5-17)19-15-21(25-16-24-19)27-13-11-26(12-14-27)20-3-1-2-10-23-20/h1-5,7-8,10,15-16H,6,9,11-14H2,(H,28,29). The van der Waals surface area contributed by atoms with Gasteiger partial charge in [0.1, 0.15) is 18.0 Å². The van der Waals surface area contributed by atoms with Crippen molar-refractivity contribution in [3.05, 3.63) is 66.6 Å². The van der Waals surface area contributed by atoms with Gasteiger partial charge in [0.05, 0.1) is 5.69 Å². The molecule has 0 atom stereocenters. The third-order valence-electron chi connectivity index (χ3n) is 5.11. The third kappa shape index (κ3) is 4.68. The third-order valence-corrected chi connectivity index (χ3v) is 5.11. The molecule has 1 aliphatic heterocycles. The lowest BCUT2D eigenvalue weighted by Gasteiger charge is -2.36. The molecule has 0 unspecified atom stereocenters. The summed E-state index contributed by atoms with van der Waals surface area (Å²) in [4.78, 5) is 28.6. The van der Waals surface area contributed by atoms with Crippen molar-refractivity contribution in [2.24, 2.45) is 0 Å². The first kappa shape index (κ1) is 18.9. The van der Waals surface area contributed by atoms with Crippen LogP contribution in [-0.4, -0.2) is 52.2 Å². The van der Waals surface area contributed by atoms with Crippen molar-refractivity contribution in [3.63, 3.8) is 0 Å². The highest BCUT2D eigenvalue weighted by Crippen LogP contribution is 2.23. The molecular formula is C22H23N5O2. The number of nitrogens with zero attached hydrogens (tertiary/aromatic N) is 5. The maximum Gasteiger partial charge on any atom is 0.303 e. The van der Waals surface area contributed by atoms with Crippen molar-refractivity contribution in [1.29, 1.82) is 0 Å². The molecule has 3 aromatic rings. The average molecular weight is 389 g/mol. The van der Waals surface area contributed by atoms with Gasteiger partial charge >= 0.3 is 5.97 Å². The Morgan fingerprint density at radius 2 is 1.62 bits per heavy atom.